The second-order valence-corrected chi connectivity index (χ2v) is 19.0. The molecule has 5 aliphatic rings. The first-order valence-corrected chi connectivity index (χ1v) is 18.1. The molecule has 5 unspecified atom stereocenters. The molecule has 184 valence electrons. The van der Waals surface area contributed by atoms with Crippen LogP contribution in [0.25, 0.3) is 0 Å². The third-order valence-corrected chi connectivity index (χ3v) is 13.2. The molecule has 7 rings (SSSR count). The van der Waals surface area contributed by atoms with Gasteiger partial charge in [-0.1, -0.05) is 30.9 Å². The molecule has 0 amide bonds. The summed E-state index contributed by atoms with van der Waals surface area (Å²) in [6.45, 7) is 7.48. The Bertz CT molecular complexity index is 1120. The highest BCUT2D eigenvalue weighted by molar-refractivity contribution is 7.19. The van der Waals surface area contributed by atoms with Crippen LogP contribution in [0.4, 0.5) is 0 Å². The van der Waals surface area contributed by atoms with Crippen LogP contribution in [-0.2, 0) is 5.16 Å². The summed E-state index contributed by atoms with van der Waals surface area (Å²) in [6, 6.07) is 3.80. The van der Waals surface area contributed by atoms with Crippen molar-refractivity contribution in [3.05, 3.63) is 71.0 Å². The Morgan fingerprint density at radius 1 is 0.914 bits per heavy atom. The maximum Gasteiger partial charge on any atom is 0.149 e. The first kappa shape index (κ1) is 24.1. The van der Waals surface area contributed by atoms with Crippen LogP contribution in [0.1, 0.15) is 50.2 Å². The van der Waals surface area contributed by atoms with Gasteiger partial charge in [-0.05, 0) is 97.1 Å². The van der Waals surface area contributed by atoms with E-state index in [2.05, 4.69) is 44.2 Å². The van der Waals surface area contributed by atoms with Crippen LogP contribution < -0.4 is 0 Å². The Hall–Kier alpha value is -1.28. The molecule has 2 heterocycles. The average Bonchev–Trinajstić information content (AvgIpc) is 3.32. The van der Waals surface area contributed by atoms with Crippen LogP contribution in [0, 0.1) is 29.1 Å². The van der Waals surface area contributed by atoms with E-state index in [1.807, 2.05) is 36.9 Å². The normalized spacial score (nSPS) is 32.3. The minimum Gasteiger partial charge on any atom is -0.240 e. The summed E-state index contributed by atoms with van der Waals surface area (Å²) in [5.41, 5.74) is 3.32. The molecule has 4 fully saturated rings. The van der Waals surface area contributed by atoms with E-state index in [0.29, 0.717) is 0 Å². The SMILES string of the molecule is C[Si](C)(C)C1=CC(C23CC4CC(CC(C4)C2CP)C3)=C(C(P)(c2ncccn2)c2ncccn2)C1. The van der Waals surface area contributed by atoms with Gasteiger partial charge in [-0.2, -0.15) is 0 Å². The van der Waals surface area contributed by atoms with Gasteiger partial charge in [-0.3, -0.25) is 0 Å². The van der Waals surface area contributed by atoms with Crippen molar-refractivity contribution in [2.75, 3.05) is 6.16 Å². The quantitative estimate of drug-likeness (QED) is 0.336. The Kier molecular flexibility index (Phi) is 5.94. The van der Waals surface area contributed by atoms with E-state index in [4.69, 9.17) is 19.9 Å². The standard InChI is InChI=1S/C28H38N4P2Si/c1-35(2,3)21-13-22(27-15-18-10-19(16-27)12-20(11-18)24(27)17-33)23(14-21)28(34,25-29-6-4-7-30-25)26-31-8-5-9-32-26/h4-9,13,18-20,24H,10-12,14-17,33-34H2,1-3H3. The van der Waals surface area contributed by atoms with Crippen molar-refractivity contribution in [2.24, 2.45) is 29.1 Å². The minimum absolute atomic E-state index is 0.263. The molecule has 7 heteroatoms. The Morgan fingerprint density at radius 2 is 1.46 bits per heavy atom. The number of hydrogen-bond donors (Lipinski definition) is 0. The topological polar surface area (TPSA) is 51.6 Å². The molecule has 5 aliphatic carbocycles. The molecule has 2 aromatic rings. The van der Waals surface area contributed by atoms with Crippen molar-refractivity contribution in [1.82, 2.24) is 19.9 Å². The van der Waals surface area contributed by atoms with Gasteiger partial charge in [0.1, 0.15) is 16.8 Å². The zero-order valence-electron chi connectivity index (χ0n) is 21.2. The van der Waals surface area contributed by atoms with Crippen molar-refractivity contribution in [1.29, 1.82) is 0 Å². The average molecular weight is 521 g/mol. The maximum absolute atomic E-state index is 4.82. The summed E-state index contributed by atoms with van der Waals surface area (Å²) in [5.74, 6) is 4.97. The zero-order valence-corrected chi connectivity index (χ0v) is 24.6. The summed E-state index contributed by atoms with van der Waals surface area (Å²) in [4.78, 5) is 19.3. The van der Waals surface area contributed by atoms with Crippen LogP contribution in [0.15, 0.2) is 59.3 Å². The highest BCUT2D eigenvalue weighted by Gasteiger charge is 2.59. The first-order chi connectivity index (χ1) is 16.8. The molecular formula is C28H38N4P2Si. The molecule has 2 aromatic heterocycles. The van der Waals surface area contributed by atoms with Gasteiger partial charge in [-0.25, -0.2) is 19.9 Å². The van der Waals surface area contributed by atoms with Gasteiger partial charge in [0.15, 0.2) is 0 Å². The van der Waals surface area contributed by atoms with Crippen LogP contribution in [-0.4, -0.2) is 34.2 Å². The lowest BCUT2D eigenvalue weighted by atomic mass is 9.43. The number of rotatable bonds is 6. The predicted molar refractivity (Wildman–Crippen MR) is 152 cm³/mol. The monoisotopic (exact) mass is 520 g/mol. The van der Waals surface area contributed by atoms with Crippen LogP contribution in [0.2, 0.25) is 19.6 Å². The summed E-state index contributed by atoms with van der Waals surface area (Å²) in [7, 11) is 4.80. The smallest absolute Gasteiger partial charge is 0.149 e. The van der Waals surface area contributed by atoms with Gasteiger partial charge in [0.25, 0.3) is 0 Å². The third-order valence-electron chi connectivity index (χ3n) is 9.60. The highest BCUT2D eigenvalue weighted by atomic mass is 31.0. The predicted octanol–water partition coefficient (Wildman–Crippen LogP) is 6.21. The number of hydrogen-bond acceptors (Lipinski definition) is 4. The molecule has 0 aliphatic heterocycles. The molecule has 5 atom stereocenters. The van der Waals surface area contributed by atoms with Gasteiger partial charge >= 0.3 is 0 Å². The molecule has 4 nitrogen and oxygen atoms in total. The lowest BCUT2D eigenvalue weighted by Crippen LogP contribution is -2.54. The van der Waals surface area contributed by atoms with Crippen LogP contribution in [0.3, 0.4) is 0 Å². The summed E-state index contributed by atoms with van der Waals surface area (Å²) < 4.78 is 0. The second kappa shape index (κ2) is 8.64. The lowest BCUT2D eigenvalue weighted by molar-refractivity contribution is -0.0764. The molecular weight excluding hydrogens is 482 g/mol. The van der Waals surface area contributed by atoms with E-state index >= 15 is 0 Å². The lowest BCUT2D eigenvalue weighted by Gasteiger charge is -2.62. The van der Waals surface area contributed by atoms with Crippen molar-refractivity contribution in [2.45, 2.75) is 63.3 Å². The van der Waals surface area contributed by atoms with E-state index in [1.165, 1.54) is 43.8 Å². The summed E-state index contributed by atoms with van der Waals surface area (Å²) in [5, 5.41) is 1.03. The summed E-state index contributed by atoms with van der Waals surface area (Å²) in [6.07, 6.45) is 19.4. The maximum atomic E-state index is 4.82. The van der Waals surface area contributed by atoms with Gasteiger partial charge < -0.3 is 0 Å². The van der Waals surface area contributed by atoms with Crippen molar-refractivity contribution >= 4 is 26.6 Å². The molecule has 35 heavy (non-hydrogen) atoms. The van der Waals surface area contributed by atoms with Gasteiger partial charge in [0, 0.05) is 24.8 Å². The molecule has 0 saturated heterocycles. The van der Waals surface area contributed by atoms with Crippen molar-refractivity contribution < 1.29 is 0 Å². The molecule has 0 spiro atoms. The van der Waals surface area contributed by atoms with Gasteiger partial charge in [-0.15, -0.1) is 18.5 Å². The van der Waals surface area contributed by atoms with E-state index < -0.39 is 13.2 Å². The van der Waals surface area contributed by atoms with E-state index in [9.17, 15) is 0 Å². The molecule has 0 N–H and O–H groups in total. The summed E-state index contributed by atoms with van der Waals surface area (Å²) >= 11 is 0. The Balaban J connectivity index is 1.61. The Labute approximate surface area is 215 Å². The van der Waals surface area contributed by atoms with Crippen LogP contribution >= 0.6 is 18.5 Å². The molecule has 4 saturated carbocycles. The van der Waals surface area contributed by atoms with Gasteiger partial charge in [0.05, 0.1) is 8.07 Å². The fourth-order valence-electron chi connectivity index (χ4n) is 8.23. The number of aromatic nitrogens is 4. The van der Waals surface area contributed by atoms with E-state index in [0.717, 1.165) is 41.7 Å². The Morgan fingerprint density at radius 3 is 1.94 bits per heavy atom. The largest absolute Gasteiger partial charge is 0.240 e. The fourth-order valence-corrected chi connectivity index (χ4v) is 10.9. The molecule has 0 radical (unpaired) electrons. The number of nitrogens with zero attached hydrogens (tertiary/aromatic N) is 4. The van der Waals surface area contributed by atoms with Crippen molar-refractivity contribution in [3.8, 4) is 0 Å². The number of allylic oxidation sites excluding steroid dienone is 4. The molecule has 4 bridgehead atoms. The van der Waals surface area contributed by atoms with E-state index in [-0.39, 0.29) is 5.41 Å². The third kappa shape index (κ3) is 3.75. The first-order valence-electron chi connectivity index (χ1n) is 13.2. The highest BCUT2D eigenvalue weighted by Crippen LogP contribution is 2.68. The van der Waals surface area contributed by atoms with Crippen LogP contribution in [0.5, 0.6) is 0 Å². The van der Waals surface area contributed by atoms with Gasteiger partial charge in [0.2, 0.25) is 0 Å². The van der Waals surface area contributed by atoms with Crippen molar-refractivity contribution in [3.63, 3.8) is 0 Å². The zero-order chi connectivity index (χ0) is 24.4. The fraction of sp³-hybridized carbons (Fsp3) is 0.571. The second-order valence-electron chi connectivity index (χ2n) is 12.5. The minimum atomic E-state index is -1.51. The van der Waals surface area contributed by atoms with E-state index in [1.54, 1.807) is 10.8 Å². The molecule has 0 aromatic carbocycles.